The number of hydrogen-bond acceptors (Lipinski definition) is 5. The number of amides is 1. The molecule has 4 rings (SSSR count). The molecule has 1 aromatic carbocycles. The first kappa shape index (κ1) is 16.4. The SMILES string of the molecule is O=C(Nc1ccc2oc(=O)[nH]c2c1)c1ccc(N2CCCCCC2)nc1. The van der Waals surface area contributed by atoms with Gasteiger partial charge in [-0.1, -0.05) is 12.8 Å². The Kier molecular flexibility index (Phi) is 4.43. The Labute approximate surface area is 150 Å². The van der Waals surface area contributed by atoms with Crippen LogP contribution in [0.15, 0.2) is 45.7 Å². The number of carbonyl (C=O) groups is 1. The highest BCUT2D eigenvalue weighted by Crippen LogP contribution is 2.19. The maximum atomic E-state index is 12.4. The van der Waals surface area contributed by atoms with Gasteiger partial charge in [0.25, 0.3) is 5.91 Å². The van der Waals surface area contributed by atoms with Crippen molar-refractivity contribution in [3.63, 3.8) is 0 Å². The van der Waals surface area contributed by atoms with Crippen LogP contribution in [0.5, 0.6) is 0 Å². The van der Waals surface area contributed by atoms with Crippen LogP contribution < -0.4 is 16.0 Å². The molecule has 7 heteroatoms. The third-order valence-electron chi connectivity index (χ3n) is 4.62. The molecule has 7 nitrogen and oxygen atoms in total. The fourth-order valence-corrected chi connectivity index (χ4v) is 3.24. The van der Waals surface area contributed by atoms with E-state index in [9.17, 15) is 9.59 Å². The number of rotatable bonds is 3. The molecule has 0 radical (unpaired) electrons. The van der Waals surface area contributed by atoms with Crippen molar-refractivity contribution < 1.29 is 9.21 Å². The molecule has 1 aliphatic rings. The summed E-state index contributed by atoms with van der Waals surface area (Å²) in [4.78, 5) is 33.0. The van der Waals surface area contributed by atoms with Gasteiger partial charge >= 0.3 is 5.76 Å². The fraction of sp³-hybridized carbons (Fsp3) is 0.316. The van der Waals surface area contributed by atoms with Gasteiger partial charge in [-0.3, -0.25) is 9.78 Å². The Morgan fingerprint density at radius 2 is 1.92 bits per heavy atom. The van der Waals surface area contributed by atoms with E-state index in [4.69, 9.17) is 4.42 Å². The maximum Gasteiger partial charge on any atom is 0.417 e. The summed E-state index contributed by atoms with van der Waals surface area (Å²) in [5.74, 6) is 0.155. The molecule has 1 fully saturated rings. The van der Waals surface area contributed by atoms with Crippen molar-refractivity contribution in [2.45, 2.75) is 25.7 Å². The predicted molar refractivity (Wildman–Crippen MR) is 99.7 cm³/mol. The lowest BCUT2D eigenvalue weighted by Gasteiger charge is -2.21. The van der Waals surface area contributed by atoms with Crippen LogP contribution in [-0.4, -0.2) is 29.0 Å². The summed E-state index contributed by atoms with van der Waals surface area (Å²) in [6.07, 6.45) is 6.51. The zero-order chi connectivity index (χ0) is 17.9. The van der Waals surface area contributed by atoms with Crippen molar-refractivity contribution >= 4 is 28.5 Å². The van der Waals surface area contributed by atoms with E-state index in [1.54, 1.807) is 30.5 Å². The fourth-order valence-electron chi connectivity index (χ4n) is 3.24. The average molecular weight is 352 g/mol. The molecule has 0 spiro atoms. The van der Waals surface area contributed by atoms with E-state index in [1.807, 2.05) is 6.07 Å². The zero-order valence-electron chi connectivity index (χ0n) is 14.3. The number of pyridine rings is 1. The Morgan fingerprint density at radius 1 is 1.12 bits per heavy atom. The molecule has 0 unspecified atom stereocenters. The molecular weight excluding hydrogens is 332 g/mol. The molecule has 1 saturated heterocycles. The van der Waals surface area contributed by atoms with E-state index >= 15 is 0 Å². The van der Waals surface area contributed by atoms with Gasteiger partial charge in [0.2, 0.25) is 0 Å². The second-order valence-corrected chi connectivity index (χ2v) is 6.49. The van der Waals surface area contributed by atoms with E-state index in [-0.39, 0.29) is 5.91 Å². The summed E-state index contributed by atoms with van der Waals surface area (Å²) >= 11 is 0. The third-order valence-corrected chi connectivity index (χ3v) is 4.62. The molecule has 0 saturated carbocycles. The second kappa shape index (κ2) is 7.03. The van der Waals surface area contributed by atoms with E-state index in [0.29, 0.717) is 22.4 Å². The molecule has 1 aliphatic heterocycles. The smallest absolute Gasteiger partial charge is 0.408 e. The summed E-state index contributed by atoms with van der Waals surface area (Å²) in [5, 5.41) is 2.81. The van der Waals surface area contributed by atoms with Gasteiger partial charge in [-0.05, 0) is 43.2 Å². The lowest BCUT2D eigenvalue weighted by atomic mass is 10.2. The minimum absolute atomic E-state index is 0.245. The second-order valence-electron chi connectivity index (χ2n) is 6.49. The van der Waals surface area contributed by atoms with Gasteiger partial charge in [0, 0.05) is 25.0 Å². The van der Waals surface area contributed by atoms with Gasteiger partial charge in [0.15, 0.2) is 5.58 Å². The maximum absolute atomic E-state index is 12.4. The quantitative estimate of drug-likeness (QED) is 0.755. The van der Waals surface area contributed by atoms with Crippen LogP contribution in [0.4, 0.5) is 11.5 Å². The molecule has 1 amide bonds. The number of benzene rings is 1. The number of H-pyrrole nitrogens is 1. The standard InChI is InChI=1S/C19H20N4O3/c24-18(21-14-6-7-16-15(11-14)22-19(25)26-16)13-5-8-17(20-12-13)23-9-3-1-2-4-10-23/h5-8,11-12H,1-4,9-10H2,(H,21,24)(H,22,25). The van der Waals surface area contributed by atoms with Crippen LogP contribution in [0.1, 0.15) is 36.0 Å². The first-order chi connectivity index (χ1) is 12.7. The number of aromatic amines is 1. The van der Waals surface area contributed by atoms with Crippen LogP contribution in [-0.2, 0) is 0 Å². The van der Waals surface area contributed by atoms with Crippen molar-refractivity contribution in [3.8, 4) is 0 Å². The van der Waals surface area contributed by atoms with Gasteiger partial charge < -0.3 is 14.6 Å². The van der Waals surface area contributed by atoms with Crippen molar-refractivity contribution in [2.75, 3.05) is 23.3 Å². The summed E-state index contributed by atoms with van der Waals surface area (Å²) in [7, 11) is 0. The zero-order valence-corrected chi connectivity index (χ0v) is 14.3. The monoisotopic (exact) mass is 352 g/mol. The van der Waals surface area contributed by atoms with Gasteiger partial charge in [-0.2, -0.15) is 0 Å². The van der Waals surface area contributed by atoms with E-state index < -0.39 is 5.76 Å². The molecule has 3 aromatic rings. The molecule has 3 heterocycles. The Morgan fingerprint density at radius 3 is 2.65 bits per heavy atom. The topological polar surface area (TPSA) is 91.2 Å². The average Bonchev–Trinajstić information content (AvgIpc) is 2.84. The van der Waals surface area contributed by atoms with Gasteiger partial charge in [-0.25, -0.2) is 9.78 Å². The van der Waals surface area contributed by atoms with Crippen LogP contribution >= 0.6 is 0 Å². The normalized spacial score (nSPS) is 15.0. The number of anilines is 2. The number of oxazole rings is 1. The molecule has 26 heavy (non-hydrogen) atoms. The van der Waals surface area contributed by atoms with Crippen LogP contribution in [0.25, 0.3) is 11.1 Å². The van der Waals surface area contributed by atoms with Crippen LogP contribution in [0.3, 0.4) is 0 Å². The largest absolute Gasteiger partial charge is 0.417 e. The predicted octanol–water partition coefficient (Wildman–Crippen LogP) is 3.15. The number of aromatic nitrogens is 2. The first-order valence-corrected chi connectivity index (χ1v) is 8.84. The molecule has 2 N–H and O–H groups in total. The van der Waals surface area contributed by atoms with Gasteiger partial charge in [0.05, 0.1) is 11.1 Å². The Balaban J connectivity index is 1.47. The summed E-state index contributed by atoms with van der Waals surface area (Å²) < 4.78 is 4.95. The number of nitrogens with zero attached hydrogens (tertiary/aromatic N) is 2. The lowest BCUT2D eigenvalue weighted by molar-refractivity contribution is 0.102. The summed E-state index contributed by atoms with van der Waals surface area (Å²) in [6, 6.07) is 8.69. The molecule has 0 atom stereocenters. The Hall–Kier alpha value is -3.09. The van der Waals surface area contributed by atoms with Crippen molar-refractivity contribution in [3.05, 3.63) is 52.6 Å². The number of fused-ring (bicyclic) bond motifs is 1. The minimum Gasteiger partial charge on any atom is -0.408 e. The van der Waals surface area contributed by atoms with E-state index in [2.05, 4.69) is 20.2 Å². The molecular formula is C19H20N4O3. The highest BCUT2D eigenvalue weighted by molar-refractivity contribution is 6.04. The minimum atomic E-state index is -0.517. The number of nitrogens with one attached hydrogen (secondary N) is 2. The summed E-state index contributed by atoms with van der Waals surface area (Å²) in [5.41, 5.74) is 2.07. The molecule has 2 aromatic heterocycles. The Bertz CT molecular complexity index is 966. The van der Waals surface area contributed by atoms with E-state index in [1.165, 1.54) is 25.7 Å². The molecule has 0 aliphatic carbocycles. The summed E-state index contributed by atoms with van der Waals surface area (Å²) in [6.45, 7) is 2.03. The van der Waals surface area contributed by atoms with Gasteiger partial charge in [0.1, 0.15) is 5.82 Å². The van der Waals surface area contributed by atoms with Crippen molar-refractivity contribution in [1.29, 1.82) is 0 Å². The van der Waals surface area contributed by atoms with Gasteiger partial charge in [-0.15, -0.1) is 0 Å². The third kappa shape index (κ3) is 3.46. The molecule has 0 bridgehead atoms. The molecule has 134 valence electrons. The van der Waals surface area contributed by atoms with Crippen LogP contribution in [0, 0.1) is 0 Å². The lowest BCUT2D eigenvalue weighted by Crippen LogP contribution is -2.25. The van der Waals surface area contributed by atoms with Crippen LogP contribution in [0.2, 0.25) is 0 Å². The van der Waals surface area contributed by atoms with Crippen molar-refractivity contribution in [2.24, 2.45) is 0 Å². The number of hydrogen-bond donors (Lipinski definition) is 2. The van der Waals surface area contributed by atoms with E-state index in [0.717, 1.165) is 18.9 Å². The highest BCUT2D eigenvalue weighted by Gasteiger charge is 2.13. The highest BCUT2D eigenvalue weighted by atomic mass is 16.4. The van der Waals surface area contributed by atoms with Crippen molar-refractivity contribution in [1.82, 2.24) is 9.97 Å². The number of carbonyl (C=O) groups excluding carboxylic acids is 1. The first-order valence-electron chi connectivity index (χ1n) is 8.84.